The summed E-state index contributed by atoms with van der Waals surface area (Å²) in [5, 5.41) is 7.80. The average Bonchev–Trinajstić information content (AvgIpc) is 2.77. The molecule has 0 amide bonds. The maximum absolute atomic E-state index is 4.31. The van der Waals surface area contributed by atoms with Gasteiger partial charge in [0.15, 0.2) is 0 Å². The lowest BCUT2D eigenvalue weighted by Crippen LogP contribution is -2.48. The second-order valence-corrected chi connectivity index (χ2v) is 4.52. The summed E-state index contributed by atoms with van der Waals surface area (Å²) < 4.78 is 2.13. The molecule has 3 heterocycles. The standard InChI is InChI=1S/C11H18N4/c1-2-10(8-12-4-1)14-6-7-15-11(9-14)3-5-13-15/h3,5,10,12H,1-2,4,6-9H2/t10-/m0/s1. The smallest absolute Gasteiger partial charge is 0.0540 e. The minimum Gasteiger partial charge on any atom is -0.315 e. The highest BCUT2D eigenvalue weighted by Crippen LogP contribution is 2.17. The number of hydrogen-bond acceptors (Lipinski definition) is 3. The Bertz CT molecular complexity index is 327. The summed E-state index contributed by atoms with van der Waals surface area (Å²) in [5.74, 6) is 0. The fourth-order valence-electron chi connectivity index (χ4n) is 2.66. The summed E-state index contributed by atoms with van der Waals surface area (Å²) >= 11 is 0. The molecule has 0 unspecified atom stereocenters. The Balaban J connectivity index is 1.69. The first-order valence-electron chi connectivity index (χ1n) is 5.89. The van der Waals surface area contributed by atoms with Gasteiger partial charge in [0, 0.05) is 31.9 Å². The Labute approximate surface area is 90.3 Å². The number of nitrogens with one attached hydrogen (secondary N) is 1. The van der Waals surface area contributed by atoms with E-state index >= 15 is 0 Å². The number of piperidine rings is 1. The van der Waals surface area contributed by atoms with Crippen LogP contribution in [-0.2, 0) is 13.1 Å². The van der Waals surface area contributed by atoms with E-state index in [1.807, 2.05) is 6.20 Å². The highest BCUT2D eigenvalue weighted by atomic mass is 15.3. The summed E-state index contributed by atoms with van der Waals surface area (Å²) in [4.78, 5) is 2.60. The van der Waals surface area contributed by atoms with Gasteiger partial charge in [-0.2, -0.15) is 5.10 Å². The predicted octanol–water partition coefficient (Wildman–Crippen LogP) is 0.451. The van der Waals surface area contributed by atoms with Crippen molar-refractivity contribution in [3.05, 3.63) is 18.0 Å². The van der Waals surface area contributed by atoms with Crippen LogP contribution in [0.5, 0.6) is 0 Å². The van der Waals surface area contributed by atoms with Gasteiger partial charge in [0.1, 0.15) is 0 Å². The van der Waals surface area contributed by atoms with Crippen LogP contribution in [0.3, 0.4) is 0 Å². The molecular formula is C11H18N4. The van der Waals surface area contributed by atoms with Gasteiger partial charge in [0.2, 0.25) is 0 Å². The van der Waals surface area contributed by atoms with E-state index in [0.717, 1.165) is 32.2 Å². The van der Waals surface area contributed by atoms with Crippen molar-refractivity contribution >= 4 is 0 Å². The maximum Gasteiger partial charge on any atom is 0.0540 e. The van der Waals surface area contributed by atoms with Crippen molar-refractivity contribution in [3.63, 3.8) is 0 Å². The van der Waals surface area contributed by atoms with Crippen LogP contribution >= 0.6 is 0 Å². The first-order valence-corrected chi connectivity index (χ1v) is 5.89. The molecule has 15 heavy (non-hydrogen) atoms. The molecule has 1 saturated heterocycles. The molecule has 0 aromatic carbocycles. The van der Waals surface area contributed by atoms with E-state index in [-0.39, 0.29) is 0 Å². The summed E-state index contributed by atoms with van der Waals surface area (Å²) in [6.07, 6.45) is 4.58. The van der Waals surface area contributed by atoms with Crippen molar-refractivity contribution in [3.8, 4) is 0 Å². The number of fused-ring (bicyclic) bond motifs is 1. The van der Waals surface area contributed by atoms with Crippen LogP contribution in [0.2, 0.25) is 0 Å². The summed E-state index contributed by atoms with van der Waals surface area (Å²) in [6, 6.07) is 2.88. The van der Waals surface area contributed by atoms with Gasteiger partial charge in [-0.15, -0.1) is 0 Å². The third kappa shape index (κ3) is 1.79. The van der Waals surface area contributed by atoms with Crippen LogP contribution in [0.25, 0.3) is 0 Å². The third-order valence-corrected chi connectivity index (χ3v) is 3.56. The Kier molecular flexibility index (Phi) is 2.46. The van der Waals surface area contributed by atoms with Crippen molar-refractivity contribution < 1.29 is 0 Å². The molecule has 0 spiro atoms. The minimum absolute atomic E-state index is 0.738. The molecule has 0 bridgehead atoms. The molecule has 4 nitrogen and oxygen atoms in total. The molecule has 2 aliphatic heterocycles. The molecule has 0 saturated carbocycles. The Hall–Kier alpha value is -0.870. The van der Waals surface area contributed by atoms with Gasteiger partial charge in [0.25, 0.3) is 0 Å². The molecule has 4 heteroatoms. The summed E-state index contributed by atoms with van der Waals surface area (Å²) in [7, 11) is 0. The van der Waals surface area contributed by atoms with Crippen LogP contribution in [-0.4, -0.2) is 40.4 Å². The normalized spacial score (nSPS) is 27.6. The summed E-state index contributed by atoms with van der Waals surface area (Å²) in [5.41, 5.74) is 1.37. The molecule has 1 N–H and O–H groups in total. The van der Waals surface area contributed by atoms with Gasteiger partial charge < -0.3 is 5.32 Å². The quantitative estimate of drug-likeness (QED) is 0.724. The predicted molar refractivity (Wildman–Crippen MR) is 58.5 cm³/mol. The first-order chi connectivity index (χ1) is 7.43. The molecule has 82 valence electrons. The molecule has 2 aliphatic rings. The van der Waals surface area contributed by atoms with Crippen molar-refractivity contribution in [2.24, 2.45) is 0 Å². The zero-order valence-corrected chi connectivity index (χ0v) is 9.02. The molecule has 1 atom stereocenters. The SMILES string of the molecule is c1cc2n(n1)CCN([C@H]1CCCNC1)C2. The molecular weight excluding hydrogens is 188 g/mol. The van der Waals surface area contributed by atoms with Crippen molar-refractivity contribution in [2.45, 2.75) is 32.0 Å². The number of hydrogen-bond donors (Lipinski definition) is 1. The Morgan fingerprint density at radius 2 is 2.40 bits per heavy atom. The van der Waals surface area contributed by atoms with E-state index < -0.39 is 0 Å². The largest absolute Gasteiger partial charge is 0.315 e. The van der Waals surface area contributed by atoms with Crippen LogP contribution in [0.4, 0.5) is 0 Å². The fraction of sp³-hybridized carbons (Fsp3) is 0.727. The number of aromatic nitrogens is 2. The molecule has 1 fully saturated rings. The van der Waals surface area contributed by atoms with Gasteiger partial charge in [0.05, 0.1) is 12.2 Å². The number of nitrogens with zero attached hydrogens (tertiary/aromatic N) is 3. The van der Waals surface area contributed by atoms with E-state index in [0.29, 0.717) is 0 Å². The van der Waals surface area contributed by atoms with Gasteiger partial charge >= 0.3 is 0 Å². The van der Waals surface area contributed by atoms with Crippen LogP contribution in [0.15, 0.2) is 12.3 Å². The summed E-state index contributed by atoms with van der Waals surface area (Å²) in [6.45, 7) is 5.64. The minimum atomic E-state index is 0.738. The van der Waals surface area contributed by atoms with Gasteiger partial charge in [-0.05, 0) is 25.5 Å². The molecule has 0 radical (unpaired) electrons. The molecule has 1 aromatic rings. The lowest BCUT2D eigenvalue weighted by molar-refractivity contribution is 0.128. The van der Waals surface area contributed by atoms with Crippen molar-refractivity contribution in [2.75, 3.05) is 19.6 Å². The first kappa shape index (κ1) is 9.36. The highest BCUT2D eigenvalue weighted by molar-refractivity contribution is 5.03. The van der Waals surface area contributed by atoms with Crippen LogP contribution in [0.1, 0.15) is 18.5 Å². The van der Waals surface area contributed by atoms with Crippen molar-refractivity contribution in [1.82, 2.24) is 20.0 Å². The fourth-order valence-corrected chi connectivity index (χ4v) is 2.66. The Morgan fingerprint density at radius 1 is 1.40 bits per heavy atom. The second kappa shape index (κ2) is 3.94. The van der Waals surface area contributed by atoms with Crippen molar-refractivity contribution in [1.29, 1.82) is 0 Å². The van der Waals surface area contributed by atoms with Gasteiger partial charge in [-0.25, -0.2) is 0 Å². The number of rotatable bonds is 1. The molecule has 3 rings (SSSR count). The van der Waals surface area contributed by atoms with E-state index in [1.165, 1.54) is 25.1 Å². The van der Waals surface area contributed by atoms with Crippen LogP contribution < -0.4 is 5.32 Å². The van der Waals surface area contributed by atoms with E-state index in [2.05, 4.69) is 26.1 Å². The molecule has 1 aromatic heterocycles. The Morgan fingerprint density at radius 3 is 3.27 bits per heavy atom. The highest BCUT2D eigenvalue weighted by Gasteiger charge is 2.24. The van der Waals surface area contributed by atoms with Gasteiger partial charge in [-0.1, -0.05) is 0 Å². The van der Waals surface area contributed by atoms with Crippen LogP contribution in [0, 0.1) is 0 Å². The molecule has 0 aliphatic carbocycles. The van der Waals surface area contributed by atoms with E-state index in [1.54, 1.807) is 0 Å². The third-order valence-electron chi connectivity index (χ3n) is 3.56. The van der Waals surface area contributed by atoms with Gasteiger partial charge in [-0.3, -0.25) is 9.58 Å². The lowest BCUT2D eigenvalue weighted by atomic mass is 10.0. The lowest BCUT2D eigenvalue weighted by Gasteiger charge is -2.37. The second-order valence-electron chi connectivity index (χ2n) is 4.52. The average molecular weight is 206 g/mol. The zero-order chi connectivity index (χ0) is 10.1. The topological polar surface area (TPSA) is 33.1 Å². The monoisotopic (exact) mass is 206 g/mol. The van der Waals surface area contributed by atoms with E-state index in [4.69, 9.17) is 0 Å². The zero-order valence-electron chi connectivity index (χ0n) is 9.02. The maximum atomic E-state index is 4.31. The van der Waals surface area contributed by atoms with E-state index in [9.17, 15) is 0 Å².